The summed E-state index contributed by atoms with van der Waals surface area (Å²) in [6, 6.07) is -0.253. The molecule has 1 atom stereocenters. The maximum Gasteiger partial charge on any atom is 0.296 e. The molecule has 4 nitrogen and oxygen atoms in total. The zero-order valence-electron chi connectivity index (χ0n) is 8.42. The van der Waals surface area contributed by atoms with Gasteiger partial charge in [-0.15, -0.1) is 0 Å². The molecule has 1 N–H and O–H groups in total. The fourth-order valence-corrected chi connectivity index (χ4v) is 0.980. The van der Waals surface area contributed by atoms with Crippen LogP contribution in [0, 0.1) is 18.8 Å². The number of carbonyl (C=O) groups excluding carboxylic acids is 1. The van der Waals surface area contributed by atoms with E-state index in [9.17, 15) is 4.79 Å². The van der Waals surface area contributed by atoms with Crippen LogP contribution in [0.25, 0.3) is 0 Å². The van der Waals surface area contributed by atoms with Gasteiger partial charge in [0, 0.05) is 0 Å². The third-order valence-corrected chi connectivity index (χ3v) is 1.60. The van der Waals surface area contributed by atoms with E-state index in [4.69, 9.17) is 4.42 Å². The molecular weight excluding hydrogens is 180 g/mol. The van der Waals surface area contributed by atoms with Crippen LogP contribution in [0.4, 0.5) is 0 Å². The van der Waals surface area contributed by atoms with Crippen LogP contribution in [0.3, 0.4) is 0 Å². The fraction of sp³-hybridized carbons (Fsp3) is 0.400. The number of amides is 1. The molecule has 0 aromatic carbocycles. The van der Waals surface area contributed by atoms with Crippen molar-refractivity contribution in [3.05, 3.63) is 17.8 Å². The number of carbonyl (C=O) groups is 1. The fourth-order valence-electron chi connectivity index (χ4n) is 0.980. The molecule has 1 aromatic heterocycles. The summed E-state index contributed by atoms with van der Waals surface area (Å²) in [4.78, 5) is 15.1. The lowest BCUT2D eigenvalue weighted by Crippen LogP contribution is -2.25. The van der Waals surface area contributed by atoms with Gasteiger partial charge in [-0.2, -0.15) is 0 Å². The molecule has 1 amide bonds. The Bertz CT molecular complexity index is 384. The molecule has 0 aliphatic heterocycles. The van der Waals surface area contributed by atoms with Gasteiger partial charge in [0.15, 0.2) is 0 Å². The molecule has 0 saturated heterocycles. The second-order valence-corrected chi connectivity index (χ2v) is 2.88. The third kappa shape index (κ3) is 2.63. The minimum atomic E-state index is -0.323. The largest absolute Gasteiger partial charge is 0.444 e. The quantitative estimate of drug-likeness (QED) is 0.716. The topological polar surface area (TPSA) is 55.1 Å². The van der Waals surface area contributed by atoms with Gasteiger partial charge in [0.05, 0.1) is 6.20 Å². The van der Waals surface area contributed by atoms with E-state index in [0.717, 1.165) is 5.76 Å². The number of oxazole rings is 1. The molecule has 14 heavy (non-hydrogen) atoms. The van der Waals surface area contributed by atoms with Gasteiger partial charge in [0.25, 0.3) is 5.91 Å². The minimum Gasteiger partial charge on any atom is -0.444 e. The van der Waals surface area contributed by atoms with Crippen molar-refractivity contribution >= 4 is 5.91 Å². The van der Waals surface area contributed by atoms with Gasteiger partial charge in [-0.25, -0.2) is 4.98 Å². The van der Waals surface area contributed by atoms with Gasteiger partial charge in [0.1, 0.15) is 11.8 Å². The van der Waals surface area contributed by atoms with Gasteiger partial charge in [0.2, 0.25) is 5.89 Å². The summed E-state index contributed by atoms with van der Waals surface area (Å²) in [7, 11) is 0. The van der Waals surface area contributed by atoms with E-state index in [0.29, 0.717) is 5.89 Å². The average Bonchev–Trinajstić information content (AvgIpc) is 2.52. The number of aryl methyl sites for hydroxylation is 1. The summed E-state index contributed by atoms with van der Waals surface area (Å²) in [6.45, 7) is 5.21. The van der Waals surface area contributed by atoms with Crippen LogP contribution >= 0.6 is 0 Å². The number of nitrogens with zero attached hydrogens (tertiary/aromatic N) is 1. The van der Waals surface area contributed by atoms with E-state index in [1.54, 1.807) is 27.0 Å². The molecule has 1 heterocycles. The number of aromatic nitrogens is 1. The molecule has 1 rings (SSSR count). The molecule has 0 bridgehead atoms. The Balaban J connectivity index is 2.61. The zero-order valence-corrected chi connectivity index (χ0v) is 8.42. The monoisotopic (exact) mass is 192 g/mol. The van der Waals surface area contributed by atoms with Gasteiger partial charge in [-0.3, -0.25) is 4.79 Å². The molecule has 74 valence electrons. The predicted octanol–water partition coefficient (Wildman–Crippen LogP) is 1.18. The first-order chi connectivity index (χ1) is 6.63. The van der Waals surface area contributed by atoms with Crippen molar-refractivity contribution in [2.45, 2.75) is 26.8 Å². The highest BCUT2D eigenvalue weighted by Crippen LogP contribution is 2.11. The number of rotatable bonds is 2. The number of hydrogen-bond acceptors (Lipinski definition) is 3. The smallest absolute Gasteiger partial charge is 0.296 e. The minimum absolute atomic E-state index is 0.253. The first-order valence-corrected chi connectivity index (χ1v) is 4.29. The molecule has 0 fully saturated rings. The summed E-state index contributed by atoms with van der Waals surface area (Å²) < 4.78 is 5.25. The van der Waals surface area contributed by atoms with E-state index in [2.05, 4.69) is 22.1 Å². The Labute approximate surface area is 82.7 Å². The Morgan fingerprint density at radius 1 is 1.71 bits per heavy atom. The van der Waals surface area contributed by atoms with Crippen molar-refractivity contribution in [2.75, 3.05) is 0 Å². The van der Waals surface area contributed by atoms with Crippen molar-refractivity contribution in [3.8, 4) is 11.8 Å². The van der Waals surface area contributed by atoms with Crippen LogP contribution < -0.4 is 5.32 Å². The Kier molecular flexibility index (Phi) is 3.29. The molecule has 0 aliphatic rings. The van der Waals surface area contributed by atoms with Crippen molar-refractivity contribution in [1.82, 2.24) is 10.3 Å². The lowest BCUT2D eigenvalue weighted by atomic mass is 10.3. The number of nitrogens with one attached hydrogen (secondary N) is 1. The van der Waals surface area contributed by atoms with Crippen LogP contribution in [-0.2, 0) is 4.79 Å². The first kappa shape index (κ1) is 10.3. The Hall–Kier alpha value is -1.76. The Morgan fingerprint density at radius 3 is 2.93 bits per heavy atom. The van der Waals surface area contributed by atoms with Crippen LogP contribution in [0.5, 0.6) is 0 Å². The number of hydrogen-bond donors (Lipinski definition) is 1. The molecule has 0 saturated carbocycles. The molecular formula is C10H12N2O2. The summed E-state index contributed by atoms with van der Waals surface area (Å²) in [5.74, 6) is 5.80. The standard InChI is InChI=1S/C10H12N2O2/c1-4-5-9(13)12-8(3)10-11-6-7(2)14-10/h6,8H,1-3H3,(H,12,13). The normalized spacial score (nSPS) is 11.4. The zero-order chi connectivity index (χ0) is 10.6. The lowest BCUT2D eigenvalue weighted by Gasteiger charge is -2.06. The van der Waals surface area contributed by atoms with E-state index in [-0.39, 0.29) is 11.9 Å². The molecule has 4 heteroatoms. The van der Waals surface area contributed by atoms with Gasteiger partial charge >= 0.3 is 0 Å². The van der Waals surface area contributed by atoms with Crippen molar-refractivity contribution < 1.29 is 9.21 Å². The molecule has 0 aliphatic carbocycles. The molecule has 0 radical (unpaired) electrons. The Morgan fingerprint density at radius 2 is 2.43 bits per heavy atom. The molecule has 1 unspecified atom stereocenters. The van der Waals surface area contributed by atoms with Crippen LogP contribution in [0.15, 0.2) is 10.6 Å². The summed E-state index contributed by atoms with van der Waals surface area (Å²) in [6.07, 6.45) is 1.61. The highest BCUT2D eigenvalue weighted by molar-refractivity contribution is 5.93. The van der Waals surface area contributed by atoms with Crippen LogP contribution in [-0.4, -0.2) is 10.9 Å². The van der Waals surface area contributed by atoms with Crippen molar-refractivity contribution in [1.29, 1.82) is 0 Å². The highest BCUT2D eigenvalue weighted by atomic mass is 16.4. The van der Waals surface area contributed by atoms with Gasteiger partial charge in [-0.1, -0.05) is 5.92 Å². The maximum absolute atomic E-state index is 11.1. The predicted molar refractivity (Wildman–Crippen MR) is 51.2 cm³/mol. The summed E-state index contributed by atoms with van der Waals surface area (Å²) in [5.41, 5.74) is 0. The summed E-state index contributed by atoms with van der Waals surface area (Å²) >= 11 is 0. The van der Waals surface area contributed by atoms with Gasteiger partial charge in [-0.05, 0) is 26.7 Å². The average molecular weight is 192 g/mol. The van der Waals surface area contributed by atoms with Crippen LogP contribution in [0.1, 0.15) is 31.5 Å². The van der Waals surface area contributed by atoms with Gasteiger partial charge < -0.3 is 9.73 Å². The summed E-state index contributed by atoms with van der Waals surface area (Å²) in [5, 5.41) is 2.64. The molecule has 0 spiro atoms. The SMILES string of the molecule is CC#CC(=O)NC(C)c1ncc(C)o1. The maximum atomic E-state index is 11.1. The third-order valence-electron chi connectivity index (χ3n) is 1.60. The second-order valence-electron chi connectivity index (χ2n) is 2.88. The van der Waals surface area contributed by atoms with E-state index < -0.39 is 0 Å². The molecule has 1 aromatic rings. The van der Waals surface area contributed by atoms with E-state index >= 15 is 0 Å². The lowest BCUT2D eigenvalue weighted by molar-refractivity contribution is -0.116. The first-order valence-electron chi connectivity index (χ1n) is 4.29. The van der Waals surface area contributed by atoms with Crippen molar-refractivity contribution in [2.24, 2.45) is 0 Å². The van der Waals surface area contributed by atoms with Crippen molar-refractivity contribution in [3.63, 3.8) is 0 Å². The van der Waals surface area contributed by atoms with E-state index in [1.807, 2.05) is 0 Å². The second kappa shape index (κ2) is 4.47. The van der Waals surface area contributed by atoms with Crippen LogP contribution in [0.2, 0.25) is 0 Å². The van der Waals surface area contributed by atoms with E-state index in [1.165, 1.54) is 0 Å². The highest BCUT2D eigenvalue weighted by Gasteiger charge is 2.12.